The molecule has 4 heteroatoms. The second kappa shape index (κ2) is 6.89. The molecule has 0 heterocycles. The van der Waals surface area contributed by atoms with E-state index in [0.29, 0.717) is 16.9 Å². The number of ketones is 1. The lowest BCUT2D eigenvalue weighted by Gasteiger charge is -2.13. The summed E-state index contributed by atoms with van der Waals surface area (Å²) in [5.41, 5.74) is 1.80. The average molecular weight is 298 g/mol. The molecule has 0 saturated carbocycles. The summed E-state index contributed by atoms with van der Waals surface area (Å²) in [7, 11) is 1.54. The van der Waals surface area contributed by atoms with Crippen molar-refractivity contribution in [3.05, 3.63) is 65.2 Å². The van der Waals surface area contributed by atoms with Crippen LogP contribution < -0.4 is 4.74 Å². The van der Waals surface area contributed by atoms with Gasteiger partial charge in [0.2, 0.25) is 5.78 Å². The lowest BCUT2D eigenvalue weighted by molar-refractivity contribution is 0.0318. The van der Waals surface area contributed by atoms with Gasteiger partial charge in [0, 0.05) is 5.56 Å². The van der Waals surface area contributed by atoms with Crippen LogP contribution in [0.5, 0.6) is 5.75 Å². The van der Waals surface area contributed by atoms with Crippen LogP contribution in [0.25, 0.3) is 0 Å². The van der Waals surface area contributed by atoms with E-state index >= 15 is 0 Å². The summed E-state index contributed by atoms with van der Waals surface area (Å²) < 4.78 is 10.4. The molecule has 0 N–H and O–H groups in total. The minimum absolute atomic E-state index is 0.229. The molecule has 0 aliphatic rings. The third kappa shape index (κ3) is 3.52. The minimum atomic E-state index is -0.845. The number of rotatable bonds is 5. The van der Waals surface area contributed by atoms with Crippen molar-refractivity contribution in [2.75, 3.05) is 7.11 Å². The van der Waals surface area contributed by atoms with E-state index in [4.69, 9.17) is 9.47 Å². The van der Waals surface area contributed by atoms with Crippen molar-refractivity contribution < 1.29 is 19.1 Å². The highest BCUT2D eigenvalue weighted by Gasteiger charge is 2.20. The molecule has 0 radical (unpaired) electrons. The Bertz CT molecular complexity index is 677. The smallest absolute Gasteiger partial charge is 0.338 e. The first-order valence-electron chi connectivity index (χ1n) is 6.98. The maximum absolute atomic E-state index is 12.2. The molecular formula is C18H18O4. The van der Waals surface area contributed by atoms with E-state index < -0.39 is 12.1 Å². The van der Waals surface area contributed by atoms with E-state index in [9.17, 15) is 9.59 Å². The fourth-order valence-corrected chi connectivity index (χ4v) is 2.07. The number of Topliss-reactive ketones (excluding diaryl/α,β-unsaturated/α-hetero) is 1. The number of aryl methyl sites for hydroxylation is 1. The Morgan fingerprint density at radius 1 is 1.00 bits per heavy atom. The molecule has 0 bridgehead atoms. The topological polar surface area (TPSA) is 52.6 Å². The molecule has 2 rings (SSSR count). The van der Waals surface area contributed by atoms with Crippen LogP contribution in [-0.2, 0) is 4.74 Å². The molecule has 0 aliphatic carbocycles. The molecule has 0 aliphatic heterocycles. The van der Waals surface area contributed by atoms with Crippen molar-refractivity contribution >= 4 is 11.8 Å². The molecule has 114 valence electrons. The van der Waals surface area contributed by atoms with Crippen molar-refractivity contribution in [1.82, 2.24) is 0 Å². The molecular weight excluding hydrogens is 280 g/mol. The van der Waals surface area contributed by atoms with Gasteiger partial charge in [0.05, 0.1) is 12.7 Å². The maximum Gasteiger partial charge on any atom is 0.338 e. The molecule has 0 saturated heterocycles. The van der Waals surface area contributed by atoms with Crippen molar-refractivity contribution in [2.45, 2.75) is 20.0 Å². The van der Waals surface area contributed by atoms with Gasteiger partial charge >= 0.3 is 5.97 Å². The average Bonchev–Trinajstić information content (AvgIpc) is 2.55. The summed E-state index contributed by atoms with van der Waals surface area (Å²) in [6.45, 7) is 3.45. The zero-order chi connectivity index (χ0) is 16.1. The first kappa shape index (κ1) is 15.8. The predicted octanol–water partition coefficient (Wildman–Crippen LogP) is 3.43. The van der Waals surface area contributed by atoms with Gasteiger partial charge in [0.15, 0.2) is 6.10 Å². The van der Waals surface area contributed by atoms with Crippen LogP contribution in [0.4, 0.5) is 0 Å². The van der Waals surface area contributed by atoms with Crippen molar-refractivity contribution in [3.8, 4) is 5.75 Å². The number of hydrogen-bond acceptors (Lipinski definition) is 4. The quantitative estimate of drug-likeness (QED) is 0.627. The Balaban J connectivity index is 2.10. The van der Waals surface area contributed by atoms with Gasteiger partial charge in [-0.25, -0.2) is 4.79 Å². The molecule has 22 heavy (non-hydrogen) atoms. The maximum atomic E-state index is 12.2. The van der Waals surface area contributed by atoms with Crippen LogP contribution in [0.1, 0.15) is 33.2 Å². The number of ether oxygens (including phenoxy) is 2. The van der Waals surface area contributed by atoms with Crippen LogP contribution >= 0.6 is 0 Å². The Labute approximate surface area is 129 Å². The van der Waals surface area contributed by atoms with Gasteiger partial charge in [0.1, 0.15) is 5.75 Å². The lowest BCUT2D eigenvalue weighted by atomic mass is 10.1. The van der Waals surface area contributed by atoms with Gasteiger partial charge < -0.3 is 9.47 Å². The standard InChI is InChI=1S/C18H18O4/c1-12-9-10-15(11-16(12)21-3)18(20)22-13(2)17(19)14-7-5-4-6-8-14/h4-11,13H,1-3H3/t13-/m1/s1. The summed E-state index contributed by atoms with van der Waals surface area (Å²) in [6.07, 6.45) is -0.845. The van der Waals surface area contributed by atoms with Crippen molar-refractivity contribution in [1.29, 1.82) is 0 Å². The number of carbonyl (C=O) groups is 2. The van der Waals surface area contributed by atoms with E-state index in [0.717, 1.165) is 5.56 Å². The second-order valence-electron chi connectivity index (χ2n) is 4.96. The molecule has 0 spiro atoms. The van der Waals surface area contributed by atoms with Crippen LogP contribution in [0.2, 0.25) is 0 Å². The summed E-state index contributed by atoms with van der Waals surface area (Å²) in [4.78, 5) is 24.3. The van der Waals surface area contributed by atoms with Crippen molar-refractivity contribution in [2.24, 2.45) is 0 Å². The zero-order valence-electron chi connectivity index (χ0n) is 12.8. The number of hydrogen-bond donors (Lipinski definition) is 0. The Hall–Kier alpha value is -2.62. The molecule has 0 amide bonds. The molecule has 0 unspecified atom stereocenters. The SMILES string of the molecule is COc1cc(C(=O)O[C@H](C)C(=O)c2ccccc2)ccc1C. The zero-order valence-corrected chi connectivity index (χ0v) is 12.8. The summed E-state index contributed by atoms with van der Waals surface area (Å²) in [6, 6.07) is 13.8. The van der Waals surface area contributed by atoms with Gasteiger partial charge in [-0.1, -0.05) is 36.4 Å². The van der Waals surface area contributed by atoms with Gasteiger partial charge in [-0.2, -0.15) is 0 Å². The summed E-state index contributed by atoms with van der Waals surface area (Å²) >= 11 is 0. The van der Waals surface area contributed by atoms with E-state index in [1.165, 1.54) is 0 Å². The Kier molecular flexibility index (Phi) is 4.94. The predicted molar refractivity (Wildman–Crippen MR) is 83.4 cm³/mol. The highest BCUT2D eigenvalue weighted by molar-refractivity contribution is 6.01. The molecule has 2 aromatic rings. The Morgan fingerprint density at radius 3 is 2.32 bits per heavy atom. The second-order valence-corrected chi connectivity index (χ2v) is 4.96. The molecule has 2 aromatic carbocycles. The summed E-state index contributed by atoms with van der Waals surface area (Å²) in [5.74, 6) is -0.167. The molecule has 0 fully saturated rings. The van der Waals surface area contributed by atoms with Gasteiger partial charge in [-0.3, -0.25) is 4.79 Å². The lowest BCUT2D eigenvalue weighted by Crippen LogP contribution is -2.24. The Morgan fingerprint density at radius 2 is 1.68 bits per heavy atom. The van der Waals surface area contributed by atoms with Gasteiger partial charge in [-0.05, 0) is 31.5 Å². The van der Waals surface area contributed by atoms with Crippen LogP contribution in [-0.4, -0.2) is 25.0 Å². The number of carbonyl (C=O) groups excluding carboxylic acids is 2. The summed E-state index contributed by atoms with van der Waals surface area (Å²) in [5, 5.41) is 0. The molecule has 4 nitrogen and oxygen atoms in total. The fourth-order valence-electron chi connectivity index (χ4n) is 2.07. The van der Waals surface area contributed by atoms with E-state index in [2.05, 4.69) is 0 Å². The van der Waals surface area contributed by atoms with Crippen LogP contribution in [0.15, 0.2) is 48.5 Å². The van der Waals surface area contributed by atoms with Gasteiger partial charge in [-0.15, -0.1) is 0 Å². The first-order chi connectivity index (χ1) is 10.5. The normalized spacial score (nSPS) is 11.6. The minimum Gasteiger partial charge on any atom is -0.496 e. The van der Waals surface area contributed by atoms with E-state index in [1.807, 2.05) is 13.0 Å². The number of esters is 1. The highest BCUT2D eigenvalue weighted by Crippen LogP contribution is 2.20. The number of methoxy groups -OCH3 is 1. The fraction of sp³-hybridized carbons (Fsp3) is 0.222. The third-order valence-electron chi connectivity index (χ3n) is 3.36. The number of benzene rings is 2. The first-order valence-corrected chi connectivity index (χ1v) is 6.98. The molecule has 0 aromatic heterocycles. The monoisotopic (exact) mass is 298 g/mol. The highest BCUT2D eigenvalue weighted by atomic mass is 16.5. The van der Waals surface area contributed by atoms with Crippen LogP contribution in [0, 0.1) is 6.92 Å². The largest absolute Gasteiger partial charge is 0.496 e. The molecule has 1 atom stereocenters. The van der Waals surface area contributed by atoms with E-state index in [1.54, 1.807) is 56.5 Å². The van der Waals surface area contributed by atoms with Gasteiger partial charge in [0.25, 0.3) is 0 Å². The van der Waals surface area contributed by atoms with E-state index in [-0.39, 0.29) is 5.78 Å². The van der Waals surface area contributed by atoms with Crippen LogP contribution in [0.3, 0.4) is 0 Å². The third-order valence-corrected chi connectivity index (χ3v) is 3.36. The van der Waals surface area contributed by atoms with Crippen molar-refractivity contribution in [3.63, 3.8) is 0 Å².